The molecular formula is C27H30F2N2O3S. The lowest BCUT2D eigenvalue weighted by Gasteiger charge is -2.25. The van der Waals surface area contributed by atoms with Crippen molar-refractivity contribution in [1.29, 1.82) is 0 Å². The van der Waals surface area contributed by atoms with E-state index >= 15 is 0 Å². The van der Waals surface area contributed by atoms with E-state index in [0.29, 0.717) is 12.1 Å². The van der Waals surface area contributed by atoms with E-state index in [1.807, 2.05) is 54.8 Å². The molecule has 0 saturated carbocycles. The van der Waals surface area contributed by atoms with Gasteiger partial charge in [-0.1, -0.05) is 24.3 Å². The molecule has 0 aliphatic carbocycles. The zero-order valence-electron chi connectivity index (χ0n) is 19.8. The molecule has 3 rings (SSSR count). The van der Waals surface area contributed by atoms with Crippen LogP contribution in [0.2, 0.25) is 0 Å². The Balaban J connectivity index is 1.66. The Hall–Kier alpha value is -2.94. The van der Waals surface area contributed by atoms with Crippen molar-refractivity contribution in [3.8, 4) is 5.75 Å². The molecule has 0 heterocycles. The first kappa shape index (κ1) is 26.7. The van der Waals surface area contributed by atoms with E-state index in [4.69, 9.17) is 4.74 Å². The number of aliphatic hydroxyl groups excluding tert-OH is 1. The number of carbonyl (C=O) groups excluding carboxylic acids is 1. The molecule has 0 aliphatic rings. The van der Waals surface area contributed by atoms with E-state index in [-0.39, 0.29) is 25.3 Å². The van der Waals surface area contributed by atoms with Gasteiger partial charge in [0.2, 0.25) is 5.91 Å². The van der Waals surface area contributed by atoms with Crippen molar-refractivity contribution >= 4 is 17.7 Å². The van der Waals surface area contributed by atoms with Gasteiger partial charge in [-0.25, -0.2) is 8.78 Å². The summed E-state index contributed by atoms with van der Waals surface area (Å²) in [6.45, 7) is 0.647. The summed E-state index contributed by atoms with van der Waals surface area (Å²) in [6.07, 6.45) is 1.20. The number of carbonyl (C=O) groups is 1. The monoisotopic (exact) mass is 500 g/mol. The molecule has 5 nitrogen and oxygen atoms in total. The number of methoxy groups -OCH3 is 1. The molecule has 3 aromatic carbocycles. The number of rotatable bonds is 12. The van der Waals surface area contributed by atoms with Crippen molar-refractivity contribution in [2.24, 2.45) is 0 Å². The molecule has 0 unspecified atom stereocenters. The molecule has 1 amide bonds. The molecule has 0 fully saturated rings. The number of amides is 1. The first-order chi connectivity index (χ1) is 16.9. The SMILES string of the molecule is COc1cccc(CNC[C@@H](O)[C@@H](Cc2cc(F)cc(F)c2)NC(=O)Cc2ccc(SC)cc2)c1. The molecular weight excluding hydrogens is 470 g/mol. The van der Waals surface area contributed by atoms with Gasteiger partial charge in [0, 0.05) is 24.1 Å². The summed E-state index contributed by atoms with van der Waals surface area (Å²) in [4.78, 5) is 13.9. The first-order valence-corrected chi connectivity index (χ1v) is 12.5. The highest BCUT2D eigenvalue weighted by atomic mass is 32.2. The molecule has 35 heavy (non-hydrogen) atoms. The quantitative estimate of drug-likeness (QED) is 0.327. The zero-order valence-corrected chi connectivity index (χ0v) is 20.6. The predicted octanol–water partition coefficient (Wildman–Crippen LogP) is 4.12. The molecule has 0 saturated heterocycles. The maximum Gasteiger partial charge on any atom is 0.224 e. The number of hydrogen-bond donors (Lipinski definition) is 3. The molecule has 186 valence electrons. The van der Waals surface area contributed by atoms with Gasteiger partial charge in [0.25, 0.3) is 0 Å². The van der Waals surface area contributed by atoms with Crippen LogP contribution in [0.5, 0.6) is 5.75 Å². The number of benzene rings is 3. The van der Waals surface area contributed by atoms with E-state index in [2.05, 4.69) is 10.6 Å². The largest absolute Gasteiger partial charge is 0.497 e. The molecule has 0 radical (unpaired) electrons. The van der Waals surface area contributed by atoms with Crippen LogP contribution in [0, 0.1) is 11.6 Å². The minimum atomic E-state index is -0.991. The number of ether oxygens (including phenoxy) is 1. The summed E-state index contributed by atoms with van der Waals surface area (Å²) in [7, 11) is 1.59. The topological polar surface area (TPSA) is 70.6 Å². The number of halogens is 2. The van der Waals surface area contributed by atoms with Crippen LogP contribution in [-0.4, -0.2) is 43.1 Å². The maximum atomic E-state index is 13.7. The lowest BCUT2D eigenvalue weighted by atomic mass is 10.00. The average Bonchev–Trinajstić information content (AvgIpc) is 2.83. The number of aliphatic hydroxyl groups is 1. The molecule has 0 bridgehead atoms. The number of thioether (sulfide) groups is 1. The third kappa shape index (κ3) is 8.65. The summed E-state index contributed by atoms with van der Waals surface area (Å²) < 4.78 is 32.7. The summed E-state index contributed by atoms with van der Waals surface area (Å²) in [5.74, 6) is -0.960. The first-order valence-electron chi connectivity index (χ1n) is 11.2. The number of nitrogens with one attached hydrogen (secondary N) is 2. The summed E-state index contributed by atoms with van der Waals surface area (Å²) in [5.41, 5.74) is 2.16. The van der Waals surface area contributed by atoms with E-state index < -0.39 is 23.8 Å². The Labute approximate surface area is 208 Å². The fraction of sp³-hybridized carbons (Fsp3) is 0.296. The van der Waals surface area contributed by atoms with Crippen LogP contribution in [0.1, 0.15) is 16.7 Å². The maximum absolute atomic E-state index is 13.7. The van der Waals surface area contributed by atoms with Gasteiger partial charge in [-0.2, -0.15) is 0 Å². The second-order valence-electron chi connectivity index (χ2n) is 8.23. The standard InChI is InChI=1S/C27H30F2N2O3S/c1-34-23-5-3-4-19(12-23)16-30-17-26(32)25(13-20-10-21(28)15-22(29)11-20)31-27(33)14-18-6-8-24(35-2)9-7-18/h3-12,15,25-26,30,32H,13-14,16-17H2,1-2H3,(H,31,33)/t25-,26-/m1/s1. The van der Waals surface area contributed by atoms with E-state index in [1.54, 1.807) is 18.9 Å². The molecule has 8 heteroatoms. The minimum Gasteiger partial charge on any atom is -0.497 e. The normalized spacial score (nSPS) is 12.7. The third-order valence-electron chi connectivity index (χ3n) is 5.53. The lowest BCUT2D eigenvalue weighted by Crippen LogP contribution is -2.49. The number of hydrogen-bond acceptors (Lipinski definition) is 5. The van der Waals surface area contributed by atoms with Gasteiger partial charge in [0.15, 0.2) is 0 Å². The molecule has 0 aromatic heterocycles. The minimum absolute atomic E-state index is 0.0772. The predicted molar refractivity (Wildman–Crippen MR) is 135 cm³/mol. The van der Waals surface area contributed by atoms with E-state index in [0.717, 1.165) is 27.8 Å². The van der Waals surface area contributed by atoms with Gasteiger partial charge in [-0.3, -0.25) is 4.79 Å². The van der Waals surface area contributed by atoms with Crippen molar-refractivity contribution in [3.05, 3.63) is 95.1 Å². The van der Waals surface area contributed by atoms with Crippen LogP contribution in [0.25, 0.3) is 0 Å². The van der Waals surface area contributed by atoms with Gasteiger partial charge in [0.05, 0.1) is 25.7 Å². The fourth-order valence-electron chi connectivity index (χ4n) is 3.74. The highest BCUT2D eigenvalue weighted by molar-refractivity contribution is 7.98. The molecule has 3 N–H and O–H groups in total. The lowest BCUT2D eigenvalue weighted by molar-refractivity contribution is -0.122. The van der Waals surface area contributed by atoms with Crippen LogP contribution in [0.3, 0.4) is 0 Å². The Kier molecular flexibility index (Phi) is 10.1. The highest BCUT2D eigenvalue weighted by Crippen LogP contribution is 2.16. The van der Waals surface area contributed by atoms with Gasteiger partial charge in [0.1, 0.15) is 17.4 Å². The Morgan fingerprint density at radius 2 is 1.71 bits per heavy atom. The fourth-order valence-corrected chi connectivity index (χ4v) is 4.15. The van der Waals surface area contributed by atoms with Crippen molar-refractivity contribution in [1.82, 2.24) is 10.6 Å². The third-order valence-corrected chi connectivity index (χ3v) is 6.27. The highest BCUT2D eigenvalue weighted by Gasteiger charge is 2.22. The van der Waals surface area contributed by atoms with Crippen LogP contribution < -0.4 is 15.4 Å². The van der Waals surface area contributed by atoms with Gasteiger partial charge in [-0.15, -0.1) is 11.8 Å². The van der Waals surface area contributed by atoms with Gasteiger partial charge < -0.3 is 20.5 Å². The summed E-state index contributed by atoms with van der Waals surface area (Å²) >= 11 is 1.61. The Morgan fingerprint density at radius 3 is 2.37 bits per heavy atom. The van der Waals surface area contributed by atoms with Crippen molar-refractivity contribution in [2.75, 3.05) is 19.9 Å². The molecule has 0 spiro atoms. The van der Waals surface area contributed by atoms with E-state index in [1.165, 1.54) is 12.1 Å². The van der Waals surface area contributed by atoms with Crippen molar-refractivity contribution in [3.63, 3.8) is 0 Å². The molecule has 3 aromatic rings. The Morgan fingerprint density at radius 1 is 1.00 bits per heavy atom. The second kappa shape index (κ2) is 13.2. The van der Waals surface area contributed by atoms with Crippen LogP contribution >= 0.6 is 11.8 Å². The van der Waals surface area contributed by atoms with Crippen LogP contribution in [0.4, 0.5) is 8.78 Å². The summed E-state index contributed by atoms with van der Waals surface area (Å²) in [6, 6.07) is 17.7. The van der Waals surface area contributed by atoms with Crippen LogP contribution in [0.15, 0.2) is 71.6 Å². The smallest absolute Gasteiger partial charge is 0.224 e. The second-order valence-corrected chi connectivity index (χ2v) is 9.11. The zero-order chi connectivity index (χ0) is 25.2. The van der Waals surface area contributed by atoms with Gasteiger partial charge in [-0.05, 0) is 65.8 Å². The molecule has 0 aliphatic heterocycles. The van der Waals surface area contributed by atoms with Crippen molar-refractivity contribution < 1.29 is 23.4 Å². The van der Waals surface area contributed by atoms with Crippen molar-refractivity contribution in [2.45, 2.75) is 36.4 Å². The van der Waals surface area contributed by atoms with Crippen LogP contribution in [-0.2, 0) is 24.2 Å². The average molecular weight is 501 g/mol. The van der Waals surface area contributed by atoms with E-state index in [9.17, 15) is 18.7 Å². The molecule has 2 atom stereocenters. The van der Waals surface area contributed by atoms with Gasteiger partial charge >= 0.3 is 0 Å². The summed E-state index contributed by atoms with van der Waals surface area (Å²) in [5, 5.41) is 16.9. The Bertz CT molecular complexity index is 1090.